The van der Waals surface area contributed by atoms with Crippen LogP contribution in [-0.4, -0.2) is 7.11 Å². The molecule has 2 aromatic carbocycles. The summed E-state index contributed by atoms with van der Waals surface area (Å²) in [5.74, 6) is 0.562. The van der Waals surface area contributed by atoms with Crippen molar-refractivity contribution in [1.29, 1.82) is 5.26 Å². The lowest BCUT2D eigenvalue weighted by atomic mass is 10.2. The minimum Gasteiger partial charge on any atom is -0.495 e. The lowest BCUT2D eigenvalue weighted by molar-refractivity contribution is 0.415. The summed E-state index contributed by atoms with van der Waals surface area (Å²) in [5, 5.41) is 13.3. The van der Waals surface area contributed by atoms with E-state index in [0.29, 0.717) is 27.0 Å². The zero-order valence-electron chi connectivity index (χ0n) is 10.1. The molecule has 5 heteroatoms. The van der Waals surface area contributed by atoms with Crippen molar-refractivity contribution >= 4 is 34.6 Å². The van der Waals surface area contributed by atoms with Gasteiger partial charge in [0.05, 0.1) is 23.4 Å². The maximum Gasteiger partial charge on any atom is 0.139 e. The molecule has 0 fully saturated rings. The maximum atomic E-state index is 9.05. The number of hydrogen-bond donors (Lipinski definition) is 1. The van der Waals surface area contributed by atoms with E-state index in [-0.39, 0.29) is 0 Å². The molecule has 3 nitrogen and oxygen atoms in total. The zero-order valence-corrected chi connectivity index (χ0v) is 11.6. The topological polar surface area (TPSA) is 45.0 Å². The van der Waals surface area contributed by atoms with E-state index in [0.717, 1.165) is 5.69 Å². The largest absolute Gasteiger partial charge is 0.495 e. The second-order valence-electron chi connectivity index (χ2n) is 3.78. The number of halogens is 2. The van der Waals surface area contributed by atoms with Crippen LogP contribution in [0.1, 0.15) is 5.56 Å². The molecule has 19 heavy (non-hydrogen) atoms. The SMILES string of the molecule is COc1cc(Nc2cc(Cl)ccc2C#N)ccc1Cl. The Morgan fingerprint density at radius 2 is 1.95 bits per heavy atom. The zero-order chi connectivity index (χ0) is 13.8. The highest BCUT2D eigenvalue weighted by Crippen LogP contribution is 2.30. The molecule has 2 aromatic rings. The van der Waals surface area contributed by atoms with Crippen LogP contribution in [0, 0.1) is 11.3 Å². The van der Waals surface area contributed by atoms with Crippen LogP contribution in [0.4, 0.5) is 11.4 Å². The second-order valence-corrected chi connectivity index (χ2v) is 4.62. The van der Waals surface area contributed by atoms with Crippen molar-refractivity contribution in [2.45, 2.75) is 0 Å². The van der Waals surface area contributed by atoms with Crippen LogP contribution < -0.4 is 10.1 Å². The van der Waals surface area contributed by atoms with E-state index in [1.807, 2.05) is 0 Å². The van der Waals surface area contributed by atoms with E-state index in [9.17, 15) is 0 Å². The molecule has 0 atom stereocenters. The minimum atomic E-state index is 0.512. The van der Waals surface area contributed by atoms with Crippen LogP contribution in [0.25, 0.3) is 0 Å². The van der Waals surface area contributed by atoms with Gasteiger partial charge in [0, 0.05) is 16.8 Å². The fourth-order valence-corrected chi connectivity index (χ4v) is 1.98. The van der Waals surface area contributed by atoms with Gasteiger partial charge in [0.25, 0.3) is 0 Å². The Bertz CT molecular complexity index is 650. The Labute approximate surface area is 121 Å². The first-order valence-electron chi connectivity index (χ1n) is 5.44. The van der Waals surface area contributed by atoms with Crippen LogP contribution in [-0.2, 0) is 0 Å². The number of benzene rings is 2. The van der Waals surface area contributed by atoms with Crippen LogP contribution >= 0.6 is 23.2 Å². The van der Waals surface area contributed by atoms with Gasteiger partial charge in [-0.1, -0.05) is 23.2 Å². The first-order valence-corrected chi connectivity index (χ1v) is 6.20. The molecule has 0 saturated carbocycles. The van der Waals surface area contributed by atoms with Gasteiger partial charge in [-0.3, -0.25) is 0 Å². The Balaban J connectivity index is 2.36. The van der Waals surface area contributed by atoms with E-state index in [1.54, 1.807) is 43.5 Å². The van der Waals surface area contributed by atoms with Crippen LogP contribution in [0.2, 0.25) is 10.0 Å². The molecule has 1 N–H and O–H groups in total. The highest BCUT2D eigenvalue weighted by atomic mass is 35.5. The van der Waals surface area contributed by atoms with Gasteiger partial charge in [-0.25, -0.2) is 0 Å². The molecule has 2 rings (SSSR count). The van der Waals surface area contributed by atoms with Crippen molar-refractivity contribution < 1.29 is 4.74 Å². The van der Waals surface area contributed by atoms with Gasteiger partial charge in [0.1, 0.15) is 11.8 Å². The predicted molar refractivity (Wildman–Crippen MR) is 77.5 cm³/mol. The van der Waals surface area contributed by atoms with Crippen LogP contribution in [0.15, 0.2) is 36.4 Å². The maximum absolute atomic E-state index is 9.05. The van der Waals surface area contributed by atoms with Crippen molar-refractivity contribution in [2.75, 3.05) is 12.4 Å². The fourth-order valence-electron chi connectivity index (χ4n) is 1.61. The summed E-state index contributed by atoms with van der Waals surface area (Å²) in [7, 11) is 1.55. The molecule has 0 aliphatic carbocycles. The summed E-state index contributed by atoms with van der Waals surface area (Å²) in [5.41, 5.74) is 1.91. The van der Waals surface area contributed by atoms with Gasteiger partial charge >= 0.3 is 0 Å². The summed E-state index contributed by atoms with van der Waals surface area (Å²) in [6.07, 6.45) is 0. The monoisotopic (exact) mass is 292 g/mol. The molecular formula is C14H10Cl2N2O. The summed E-state index contributed by atoms with van der Waals surface area (Å²) in [6, 6.07) is 12.4. The minimum absolute atomic E-state index is 0.512. The lowest BCUT2D eigenvalue weighted by Gasteiger charge is -2.10. The Morgan fingerprint density at radius 1 is 1.16 bits per heavy atom. The van der Waals surface area contributed by atoms with Crippen molar-refractivity contribution in [3.8, 4) is 11.8 Å². The number of ether oxygens (including phenoxy) is 1. The molecule has 0 saturated heterocycles. The third-order valence-corrected chi connectivity index (χ3v) is 3.08. The average Bonchev–Trinajstić information content (AvgIpc) is 2.41. The number of nitrogens with zero attached hydrogens (tertiary/aromatic N) is 1. The predicted octanol–water partition coefficient (Wildman–Crippen LogP) is 4.62. The first kappa shape index (κ1) is 13.5. The smallest absolute Gasteiger partial charge is 0.139 e. The van der Waals surface area contributed by atoms with Crippen molar-refractivity contribution in [1.82, 2.24) is 0 Å². The number of anilines is 2. The number of nitrogens with one attached hydrogen (secondary N) is 1. The molecule has 0 aromatic heterocycles. The van der Waals surface area contributed by atoms with Crippen LogP contribution in [0.5, 0.6) is 5.75 Å². The second kappa shape index (κ2) is 5.83. The lowest BCUT2D eigenvalue weighted by Crippen LogP contribution is -1.94. The van der Waals surface area contributed by atoms with Gasteiger partial charge in [-0.2, -0.15) is 5.26 Å². The van der Waals surface area contributed by atoms with E-state index in [4.69, 9.17) is 33.2 Å². The highest BCUT2D eigenvalue weighted by Gasteiger charge is 2.06. The van der Waals surface area contributed by atoms with E-state index >= 15 is 0 Å². The quantitative estimate of drug-likeness (QED) is 0.898. The van der Waals surface area contributed by atoms with Crippen molar-refractivity contribution in [3.63, 3.8) is 0 Å². The molecule has 0 amide bonds. The summed E-state index contributed by atoms with van der Waals surface area (Å²) >= 11 is 11.9. The average molecular weight is 293 g/mol. The van der Waals surface area contributed by atoms with Crippen molar-refractivity contribution in [3.05, 3.63) is 52.0 Å². The molecule has 0 radical (unpaired) electrons. The van der Waals surface area contributed by atoms with Crippen LogP contribution in [0.3, 0.4) is 0 Å². The summed E-state index contributed by atoms with van der Waals surface area (Å²) in [6.45, 7) is 0. The van der Waals surface area contributed by atoms with Gasteiger partial charge < -0.3 is 10.1 Å². The standard InChI is InChI=1S/C14H10Cl2N2O/c1-19-14-7-11(4-5-12(14)16)18-13-6-10(15)3-2-9(13)8-17/h2-7,18H,1H3. The summed E-state index contributed by atoms with van der Waals surface area (Å²) < 4.78 is 5.14. The number of rotatable bonds is 3. The number of hydrogen-bond acceptors (Lipinski definition) is 3. The van der Waals surface area contributed by atoms with Gasteiger partial charge in [-0.05, 0) is 30.3 Å². The van der Waals surface area contributed by atoms with Gasteiger partial charge in [-0.15, -0.1) is 0 Å². The normalized spacial score (nSPS) is 9.79. The highest BCUT2D eigenvalue weighted by molar-refractivity contribution is 6.32. The molecule has 0 aliphatic heterocycles. The third kappa shape index (κ3) is 3.11. The van der Waals surface area contributed by atoms with Gasteiger partial charge in [0.15, 0.2) is 0 Å². The molecule has 0 heterocycles. The van der Waals surface area contributed by atoms with E-state index < -0.39 is 0 Å². The van der Waals surface area contributed by atoms with E-state index in [1.165, 1.54) is 0 Å². The van der Waals surface area contributed by atoms with Gasteiger partial charge in [0.2, 0.25) is 0 Å². The number of methoxy groups -OCH3 is 1. The number of nitriles is 1. The van der Waals surface area contributed by atoms with E-state index in [2.05, 4.69) is 11.4 Å². The molecule has 0 aliphatic rings. The Morgan fingerprint density at radius 3 is 2.63 bits per heavy atom. The summed E-state index contributed by atoms with van der Waals surface area (Å²) in [4.78, 5) is 0. The van der Waals surface area contributed by atoms with Crippen molar-refractivity contribution in [2.24, 2.45) is 0 Å². The molecule has 0 bridgehead atoms. The molecule has 0 unspecified atom stereocenters. The molecule has 0 spiro atoms. The Hall–Kier alpha value is -1.89. The first-order chi connectivity index (χ1) is 9.13. The molecule has 96 valence electrons. The fraction of sp³-hybridized carbons (Fsp3) is 0.0714. The third-order valence-electron chi connectivity index (χ3n) is 2.53. The Kier molecular flexibility index (Phi) is 4.16. The molecular weight excluding hydrogens is 283 g/mol.